The summed E-state index contributed by atoms with van der Waals surface area (Å²) in [5.41, 5.74) is 7.63. The zero-order valence-corrected chi connectivity index (χ0v) is 56.9. The van der Waals surface area contributed by atoms with Gasteiger partial charge in [-0.3, -0.25) is 15.6 Å². The van der Waals surface area contributed by atoms with Gasteiger partial charge in [0.1, 0.15) is 35.1 Å². The predicted octanol–water partition coefficient (Wildman–Crippen LogP) is 12.5. The van der Waals surface area contributed by atoms with Crippen molar-refractivity contribution in [2.24, 2.45) is 90.7 Å². The smallest absolute Gasteiger partial charge is 0.335 e. The van der Waals surface area contributed by atoms with E-state index in [4.69, 9.17) is 18.9 Å². The zero-order chi connectivity index (χ0) is 65.4. The molecule has 18 aliphatic rings. The van der Waals surface area contributed by atoms with Crippen LogP contribution in [0, 0.1) is 109 Å². The number of rotatable bonds is 8. The lowest BCUT2D eigenvalue weighted by molar-refractivity contribution is -0.370. The van der Waals surface area contributed by atoms with E-state index in [1.165, 1.54) is 145 Å². The van der Waals surface area contributed by atoms with Gasteiger partial charge in [0.15, 0.2) is 11.4 Å². The fourth-order valence-corrected chi connectivity index (χ4v) is 31.9. The van der Waals surface area contributed by atoms with Crippen LogP contribution in [-0.2, 0) is 14.2 Å². The molecule has 2 aromatic carbocycles. The van der Waals surface area contributed by atoms with E-state index < -0.39 is 76.1 Å². The van der Waals surface area contributed by atoms with Crippen LogP contribution in [0.15, 0.2) is 34.9 Å². The summed E-state index contributed by atoms with van der Waals surface area (Å²) in [6.07, 6.45) is 33.9. The second-order valence-corrected chi connectivity index (χ2v) is 37.3. The topological polar surface area (TPSA) is 237 Å². The van der Waals surface area contributed by atoms with Gasteiger partial charge in [0.2, 0.25) is 6.29 Å². The molecule has 13 aliphatic carbocycles. The van der Waals surface area contributed by atoms with Crippen molar-refractivity contribution in [3.8, 4) is 29.1 Å². The van der Waals surface area contributed by atoms with Gasteiger partial charge in [0.25, 0.3) is 0 Å². The maximum Gasteiger partial charge on any atom is 0.335 e. The standard InChI is InChI=1S/C81H104N2O13/c1-45-59(46(2)86)63(88)60-53(62(45)87)31-48(68(91)92)32-57(60)94-69-64(89)67(90)81-34-56-61-54(17-18-55(61)78(96-81)24-7-19-70(38-78)26-27-71(37-70)20-3-9-50(71)11-6-25-79(81,43-85)95-69)76(23-8-30-84)44-93-36-49-33-73-39-74(35-58(73)82-83-80(56,41-73)66(49)76)42-75-22-5-12-52(75)16-14-47-13-15-51-10-4-21-72(51)28-29-77(74,40-72)65(47)75/h17,31-32,47,49-52,56,58,64-67,69,82-85,87-90H,3-5,7-16,18-24,26-30,33-44H2,1-2H3,(H,91,92)/t47-,49-,50-,51-,52-,56+,58-,64+,65+,66+,67+,69+,70-,71+,72-,73-,74+,75+,76+,77-,78+,79+,80-,81-/m0/s1. The number of aromatic hydroxyl groups is 2. The number of carboxylic acid groups (broad SMARTS) is 1. The molecule has 15 heteroatoms. The Hall–Kier alpha value is -4.08. The van der Waals surface area contributed by atoms with Crippen LogP contribution in [0.5, 0.6) is 17.2 Å². The van der Waals surface area contributed by atoms with Crippen LogP contribution in [0.1, 0.15) is 245 Å². The van der Waals surface area contributed by atoms with Crippen LogP contribution in [0.2, 0.25) is 0 Å². The third-order valence-electron chi connectivity index (χ3n) is 34.3. The van der Waals surface area contributed by atoms with Crippen molar-refractivity contribution in [2.45, 2.75) is 273 Å². The van der Waals surface area contributed by atoms with Gasteiger partial charge < -0.3 is 54.7 Å². The van der Waals surface area contributed by atoms with Crippen molar-refractivity contribution in [3.63, 3.8) is 0 Å². The van der Waals surface area contributed by atoms with Gasteiger partial charge in [-0.1, -0.05) is 37.2 Å². The number of hydrogen-bond donors (Lipinski definition) is 9. The quantitative estimate of drug-likeness (QED) is 0.0679. The Morgan fingerprint density at radius 1 is 0.771 bits per heavy atom. The zero-order valence-electron chi connectivity index (χ0n) is 56.9. The lowest BCUT2D eigenvalue weighted by Crippen LogP contribution is -2.82. The molecule has 5 heterocycles. The number of Topliss-reactive ketones (excluding diaryl/α,β-unsaturated/α-hetero) is 1. The first-order valence-electron chi connectivity index (χ1n) is 38.6. The van der Waals surface area contributed by atoms with Crippen LogP contribution < -0.4 is 15.6 Å². The second-order valence-electron chi connectivity index (χ2n) is 37.3. The molecule has 20 rings (SSSR count). The molecule has 3 saturated heterocycles. The van der Waals surface area contributed by atoms with Crippen LogP contribution in [-0.4, -0.2) is 121 Å². The number of ether oxygens (including phenoxy) is 4. The lowest BCUT2D eigenvalue weighted by Gasteiger charge is -2.72. The van der Waals surface area contributed by atoms with Gasteiger partial charge in [0.05, 0.1) is 35.3 Å². The van der Waals surface area contributed by atoms with Crippen molar-refractivity contribution in [1.29, 1.82) is 0 Å². The van der Waals surface area contributed by atoms with E-state index in [2.05, 4.69) is 28.8 Å². The first kappa shape index (κ1) is 61.8. The number of nitrogens with one attached hydrogen (secondary N) is 2. The summed E-state index contributed by atoms with van der Waals surface area (Å²) in [7, 11) is 0. The van der Waals surface area contributed by atoms with Gasteiger partial charge >= 0.3 is 5.97 Å². The van der Waals surface area contributed by atoms with Crippen molar-refractivity contribution in [2.75, 3.05) is 26.4 Å². The molecule has 9 N–H and O–H groups in total. The van der Waals surface area contributed by atoms with Crippen LogP contribution in [0.25, 0.3) is 10.8 Å². The number of aliphatic hydroxyl groups is 4. The maximum atomic E-state index is 14.4. The first-order valence-corrected chi connectivity index (χ1v) is 38.6. The molecule has 24 atom stereocenters. The van der Waals surface area contributed by atoms with Gasteiger partial charge in [-0.2, -0.15) is 0 Å². The fraction of sp³-hybridized carbons (Fsp3) is 0.778. The van der Waals surface area contributed by atoms with Crippen molar-refractivity contribution in [3.05, 3.63) is 51.6 Å². The van der Waals surface area contributed by atoms with E-state index in [1.54, 1.807) is 0 Å². The highest BCUT2D eigenvalue weighted by Crippen LogP contribution is 2.88. The third kappa shape index (κ3) is 7.40. The number of hydrogen-bond acceptors (Lipinski definition) is 14. The molecule has 15 fully saturated rings. The average molecular weight is 1310 g/mol. The van der Waals surface area contributed by atoms with E-state index >= 15 is 0 Å². The highest BCUT2D eigenvalue weighted by atomic mass is 16.7. The number of allylic oxidation sites excluding steroid dienone is 1. The lowest BCUT2D eigenvalue weighted by atomic mass is 9.38. The predicted molar refractivity (Wildman–Crippen MR) is 356 cm³/mol. The third-order valence-corrected chi connectivity index (χ3v) is 34.3. The molecular weight excluding hydrogens is 1210 g/mol. The molecule has 12 saturated carbocycles. The van der Waals surface area contributed by atoms with E-state index in [0.717, 1.165) is 101 Å². The van der Waals surface area contributed by atoms with Crippen LogP contribution in [0.3, 0.4) is 0 Å². The van der Waals surface area contributed by atoms with Crippen molar-refractivity contribution in [1.82, 2.24) is 10.9 Å². The fourth-order valence-electron chi connectivity index (χ4n) is 31.9. The van der Waals surface area contributed by atoms with Crippen molar-refractivity contribution >= 4 is 22.5 Å². The Labute approximate surface area is 565 Å². The van der Waals surface area contributed by atoms with E-state index in [1.807, 2.05) is 0 Å². The maximum absolute atomic E-state index is 14.4. The first-order chi connectivity index (χ1) is 46.2. The number of phenolic OH excluding ortho intramolecular Hbond substituents is 2. The summed E-state index contributed by atoms with van der Waals surface area (Å²) in [6.45, 7) is 3.27. The summed E-state index contributed by atoms with van der Waals surface area (Å²) in [6, 6.07) is 2.64. The van der Waals surface area contributed by atoms with E-state index in [-0.39, 0.29) is 91.7 Å². The molecule has 96 heavy (non-hydrogen) atoms. The number of ketones is 1. The monoisotopic (exact) mass is 1310 g/mol. The summed E-state index contributed by atoms with van der Waals surface area (Å²) in [4.78, 5) is 26.4. The minimum atomic E-state index is -2.08. The average Bonchev–Trinajstić information content (AvgIpc) is 1.43. The Kier molecular flexibility index (Phi) is 13.0. The summed E-state index contributed by atoms with van der Waals surface area (Å²) in [5.74, 6) is 7.70. The Morgan fingerprint density at radius 3 is 2.38 bits per heavy atom. The van der Waals surface area contributed by atoms with E-state index in [0.29, 0.717) is 61.1 Å². The Morgan fingerprint density at radius 2 is 1.56 bits per heavy atom. The van der Waals surface area contributed by atoms with Crippen LogP contribution >= 0.6 is 0 Å². The van der Waals surface area contributed by atoms with Gasteiger partial charge in [-0.25, -0.2) is 4.79 Å². The molecule has 5 aliphatic heterocycles. The molecular formula is C81H104N2O13. The minimum absolute atomic E-state index is 0.0433. The molecule has 2 aromatic rings. The number of carbonyl (C=O) groups is 2. The number of aliphatic hydroxyl groups excluding tert-OH is 4. The number of benzene rings is 2. The molecule has 0 aromatic heterocycles. The molecule has 0 radical (unpaired) electrons. The van der Waals surface area contributed by atoms with Gasteiger partial charge in [0, 0.05) is 53.5 Å². The van der Waals surface area contributed by atoms with E-state index in [9.17, 15) is 45.3 Å². The molecule has 8 bridgehead atoms. The van der Waals surface area contributed by atoms with Crippen LogP contribution in [0.4, 0.5) is 0 Å². The summed E-state index contributed by atoms with van der Waals surface area (Å²) in [5, 5.41) is 86.5. The number of aromatic carboxylic acids is 1. The molecule has 0 amide bonds. The summed E-state index contributed by atoms with van der Waals surface area (Å²) >= 11 is 0. The van der Waals surface area contributed by atoms with Gasteiger partial charge in [-0.15, -0.1) is 0 Å². The molecule has 10 spiro atoms. The number of fused-ring (bicyclic) bond motifs is 2. The van der Waals surface area contributed by atoms with Gasteiger partial charge in [-0.05, 0) is 308 Å². The second kappa shape index (κ2) is 20.2. The molecule has 516 valence electrons. The molecule has 0 unspecified atom stereocenters. The molecule has 15 nitrogen and oxygen atoms in total. The Balaban J connectivity index is 0.785. The highest BCUT2D eigenvalue weighted by molar-refractivity contribution is 6.11. The minimum Gasteiger partial charge on any atom is -0.507 e. The number of phenols is 2. The number of carbonyl (C=O) groups excluding carboxylic acids is 1. The Bertz CT molecular complexity index is 3870. The highest BCUT2D eigenvalue weighted by Gasteiger charge is 2.84. The largest absolute Gasteiger partial charge is 0.507 e. The normalized spacial score (nSPS) is 51.4. The number of carboxylic acids is 1. The number of hydrazine groups is 1. The van der Waals surface area contributed by atoms with Crippen molar-refractivity contribution < 1.29 is 64.3 Å². The summed E-state index contributed by atoms with van der Waals surface area (Å²) < 4.78 is 30.2. The SMILES string of the molecule is CC(=O)c1c(C)c(O)c2cc(C(=O)O)cc(O[C@@H]3O[C@@]4(CO)C#CC[C@@H]5CCC[C@]56CC[C@@]5(CCC[C@]7(C5)O[C@@]4(C[C@@H]4C5=C7CC=C5[C@@]5(CCCO)COC[C@@H]7C[C@]89C[C@@]4(NN[C@H]8C[C@@]4(C9)C[C@]89CCC[C@H]8CC[C@@H]8CC[C@@H]%10CCC[C@@]%10%11CC[C@]4(C%11)[C@H]89)[C@H]75)[C@H](O)[C@H]3O)C6)c2c1O.